The predicted octanol–water partition coefficient (Wildman–Crippen LogP) is 5.38. The maximum absolute atomic E-state index is 12.2. The molecule has 0 unspecified atom stereocenters. The zero-order chi connectivity index (χ0) is 20.1. The Morgan fingerprint density at radius 2 is 1.97 bits per heavy atom. The lowest BCUT2D eigenvalue weighted by Crippen LogP contribution is -2.26. The van der Waals surface area contributed by atoms with Gasteiger partial charge in [-0.15, -0.1) is 0 Å². The Balaban J connectivity index is 1.40. The Hall–Kier alpha value is -3.27. The molecule has 4 nitrogen and oxygen atoms in total. The first-order valence-corrected chi connectivity index (χ1v) is 10.2. The molecule has 1 heterocycles. The molecule has 0 fully saturated rings. The first-order valence-electron chi connectivity index (χ1n) is 10.2. The summed E-state index contributed by atoms with van der Waals surface area (Å²) in [5.41, 5.74) is 6.14. The van der Waals surface area contributed by atoms with Gasteiger partial charge in [-0.1, -0.05) is 43.3 Å². The van der Waals surface area contributed by atoms with E-state index in [9.17, 15) is 4.79 Å². The van der Waals surface area contributed by atoms with E-state index >= 15 is 0 Å². The minimum absolute atomic E-state index is 0.228. The SMILES string of the molecule is CCCN(CCc1cccc(NC(=O)c2ccco2)c1)C1=Cc2ccccc2C1. The third-order valence-corrected chi connectivity index (χ3v) is 5.25. The van der Waals surface area contributed by atoms with Crippen LogP contribution in [-0.4, -0.2) is 23.9 Å². The summed E-state index contributed by atoms with van der Waals surface area (Å²) >= 11 is 0. The minimum atomic E-state index is -0.228. The fraction of sp³-hybridized carbons (Fsp3) is 0.240. The molecule has 3 aromatic rings. The van der Waals surface area contributed by atoms with Crippen LogP contribution in [0.2, 0.25) is 0 Å². The molecular formula is C25H26N2O2. The molecule has 0 saturated heterocycles. The van der Waals surface area contributed by atoms with E-state index in [0.717, 1.165) is 38.0 Å². The molecule has 0 atom stereocenters. The van der Waals surface area contributed by atoms with Crippen LogP contribution in [0.1, 0.15) is 40.6 Å². The van der Waals surface area contributed by atoms with Gasteiger partial charge in [0.2, 0.25) is 0 Å². The first kappa shape index (κ1) is 19.1. The highest BCUT2D eigenvalue weighted by molar-refractivity contribution is 6.02. The number of hydrogen-bond acceptors (Lipinski definition) is 3. The number of allylic oxidation sites excluding steroid dienone is 1. The van der Waals surface area contributed by atoms with E-state index in [0.29, 0.717) is 5.76 Å². The van der Waals surface area contributed by atoms with Crippen molar-refractivity contribution >= 4 is 17.7 Å². The number of nitrogens with one attached hydrogen (secondary N) is 1. The molecule has 1 aliphatic carbocycles. The van der Waals surface area contributed by atoms with Crippen molar-refractivity contribution in [3.8, 4) is 0 Å². The average molecular weight is 386 g/mol. The summed E-state index contributed by atoms with van der Waals surface area (Å²) in [6, 6.07) is 20.1. The Morgan fingerprint density at radius 3 is 2.76 bits per heavy atom. The molecule has 1 aromatic heterocycles. The van der Waals surface area contributed by atoms with Crippen LogP contribution in [0.5, 0.6) is 0 Å². The van der Waals surface area contributed by atoms with Gasteiger partial charge in [-0.2, -0.15) is 0 Å². The normalized spacial score (nSPS) is 12.4. The van der Waals surface area contributed by atoms with E-state index in [4.69, 9.17) is 4.42 Å². The van der Waals surface area contributed by atoms with Crippen molar-refractivity contribution in [1.82, 2.24) is 4.90 Å². The molecule has 2 aromatic carbocycles. The van der Waals surface area contributed by atoms with Crippen molar-refractivity contribution in [3.05, 3.63) is 95.1 Å². The number of hydrogen-bond donors (Lipinski definition) is 1. The third kappa shape index (κ3) is 4.60. The Morgan fingerprint density at radius 1 is 1.07 bits per heavy atom. The largest absolute Gasteiger partial charge is 0.459 e. The number of carbonyl (C=O) groups is 1. The summed E-state index contributed by atoms with van der Waals surface area (Å²) in [6.07, 6.45) is 6.88. The quantitative estimate of drug-likeness (QED) is 0.565. The van der Waals surface area contributed by atoms with Crippen LogP contribution in [0.4, 0.5) is 5.69 Å². The molecule has 1 aliphatic rings. The smallest absolute Gasteiger partial charge is 0.291 e. The summed E-state index contributed by atoms with van der Waals surface area (Å²) < 4.78 is 5.16. The van der Waals surface area contributed by atoms with Gasteiger partial charge in [0.15, 0.2) is 5.76 Å². The summed E-state index contributed by atoms with van der Waals surface area (Å²) in [7, 11) is 0. The van der Waals surface area contributed by atoms with Crippen LogP contribution in [-0.2, 0) is 12.8 Å². The number of carbonyl (C=O) groups excluding carboxylic acids is 1. The molecule has 4 heteroatoms. The lowest BCUT2D eigenvalue weighted by atomic mass is 10.1. The van der Waals surface area contributed by atoms with Gasteiger partial charge in [-0.05, 0) is 59.9 Å². The van der Waals surface area contributed by atoms with E-state index in [1.165, 1.54) is 28.7 Å². The van der Waals surface area contributed by atoms with Crippen molar-refractivity contribution in [1.29, 1.82) is 0 Å². The number of amides is 1. The number of rotatable bonds is 8. The van der Waals surface area contributed by atoms with E-state index in [-0.39, 0.29) is 5.91 Å². The molecule has 1 amide bonds. The van der Waals surface area contributed by atoms with Crippen LogP contribution in [0, 0.1) is 0 Å². The highest BCUT2D eigenvalue weighted by Crippen LogP contribution is 2.27. The topological polar surface area (TPSA) is 45.5 Å². The number of nitrogens with zero attached hydrogens (tertiary/aromatic N) is 1. The molecule has 0 radical (unpaired) electrons. The van der Waals surface area contributed by atoms with Gasteiger partial charge >= 0.3 is 0 Å². The highest BCUT2D eigenvalue weighted by atomic mass is 16.3. The fourth-order valence-corrected chi connectivity index (χ4v) is 3.80. The second kappa shape index (κ2) is 8.82. The number of anilines is 1. The molecule has 29 heavy (non-hydrogen) atoms. The Labute approximate surface area is 171 Å². The van der Waals surface area contributed by atoms with Crippen molar-refractivity contribution in [2.24, 2.45) is 0 Å². The number of furan rings is 1. The second-order valence-corrected chi connectivity index (χ2v) is 7.38. The Kier molecular flexibility index (Phi) is 5.80. The van der Waals surface area contributed by atoms with Crippen LogP contribution < -0.4 is 5.32 Å². The van der Waals surface area contributed by atoms with Gasteiger partial charge in [-0.25, -0.2) is 0 Å². The van der Waals surface area contributed by atoms with Gasteiger partial charge in [0.05, 0.1) is 6.26 Å². The third-order valence-electron chi connectivity index (χ3n) is 5.25. The molecule has 0 saturated carbocycles. The summed E-state index contributed by atoms with van der Waals surface area (Å²) in [4.78, 5) is 14.7. The van der Waals surface area contributed by atoms with E-state index in [1.54, 1.807) is 12.1 Å². The van der Waals surface area contributed by atoms with E-state index in [1.807, 2.05) is 18.2 Å². The zero-order valence-corrected chi connectivity index (χ0v) is 16.7. The lowest BCUT2D eigenvalue weighted by Gasteiger charge is -2.26. The van der Waals surface area contributed by atoms with Crippen molar-refractivity contribution < 1.29 is 9.21 Å². The minimum Gasteiger partial charge on any atom is -0.459 e. The fourth-order valence-electron chi connectivity index (χ4n) is 3.80. The zero-order valence-electron chi connectivity index (χ0n) is 16.7. The maximum Gasteiger partial charge on any atom is 0.291 e. The molecule has 0 aliphatic heterocycles. The molecular weight excluding hydrogens is 360 g/mol. The molecule has 0 spiro atoms. The van der Waals surface area contributed by atoms with Crippen LogP contribution in [0.3, 0.4) is 0 Å². The summed E-state index contributed by atoms with van der Waals surface area (Å²) in [5.74, 6) is 0.0888. The average Bonchev–Trinajstić information content (AvgIpc) is 3.41. The van der Waals surface area contributed by atoms with Crippen LogP contribution in [0.25, 0.3) is 6.08 Å². The van der Waals surface area contributed by atoms with E-state index < -0.39 is 0 Å². The number of benzene rings is 2. The van der Waals surface area contributed by atoms with E-state index in [2.05, 4.69) is 53.5 Å². The molecule has 1 N–H and O–H groups in total. The molecule has 0 bridgehead atoms. The maximum atomic E-state index is 12.2. The number of fused-ring (bicyclic) bond motifs is 1. The van der Waals surface area contributed by atoms with Crippen molar-refractivity contribution in [2.45, 2.75) is 26.2 Å². The monoisotopic (exact) mass is 386 g/mol. The summed E-state index contributed by atoms with van der Waals surface area (Å²) in [5, 5.41) is 2.91. The molecule has 4 rings (SSSR count). The predicted molar refractivity (Wildman–Crippen MR) is 117 cm³/mol. The summed E-state index contributed by atoms with van der Waals surface area (Å²) in [6.45, 7) is 4.23. The van der Waals surface area contributed by atoms with Crippen LogP contribution in [0.15, 0.2) is 77.0 Å². The van der Waals surface area contributed by atoms with Gasteiger partial charge in [-0.3, -0.25) is 4.79 Å². The lowest BCUT2D eigenvalue weighted by molar-refractivity contribution is 0.0996. The van der Waals surface area contributed by atoms with Gasteiger partial charge < -0.3 is 14.6 Å². The van der Waals surface area contributed by atoms with Crippen molar-refractivity contribution in [2.75, 3.05) is 18.4 Å². The van der Waals surface area contributed by atoms with Gasteiger partial charge in [0.1, 0.15) is 0 Å². The highest BCUT2D eigenvalue weighted by Gasteiger charge is 2.17. The van der Waals surface area contributed by atoms with Crippen molar-refractivity contribution in [3.63, 3.8) is 0 Å². The van der Waals surface area contributed by atoms with Gasteiger partial charge in [0, 0.05) is 30.9 Å². The molecule has 148 valence electrons. The Bertz CT molecular complexity index is 1010. The van der Waals surface area contributed by atoms with Gasteiger partial charge in [0.25, 0.3) is 5.91 Å². The standard InChI is InChI=1S/C25H26N2O2/c1-2-13-27(23-17-20-8-3-4-9-21(20)18-23)14-12-19-7-5-10-22(16-19)26-25(28)24-11-6-15-29-24/h3-11,15-17H,2,12-14,18H2,1H3,(H,26,28). The first-order chi connectivity index (χ1) is 14.2. The van der Waals surface area contributed by atoms with Crippen LogP contribution >= 0.6 is 0 Å². The second-order valence-electron chi connectivity index (χ2n) is 7.38.